The van der Waals surface area contributed by atoms with E-state index >= 15 is 0 Å². The van der Waals surface area contributed by atoms with Crippen molar-refractivity contribution in [1.82, 2.24) is 0 Å². The predicted molar refractivity (Wildman–Crippen MR) is 132 cm³/mol. The van der Waals surface area contributed by atoms with Gasteiger partial charge in [-0.25, -0.2) is 4.79 Å². The summed E-state index contributed by atoms with van der Waals surface area (Å²) in [6, 6.07) is 0. The molecule has 1 spiro atoms. The van der Waals surface area contributed by atoms with E-state index in [1.807, 2.05) is 6.92 Å². The minimum atomic E-state index is -1.37. The molecule has 2 N–H and O–H groups in total. The van der Waals surface area contributed by atoms with Crippen molar-refractivity contribution in [2.75, 3.05) is 6.61 Å². The number of allylic oxidation sites excluding steroid dienone is 2. The minimum Gasteiger partial charge on any atom is -0.462 e. The molecule has 2 aliphatic carbocycles. The first kappa shape index (κ1) is 26.7. The number of ether oxygens (including phenoxy) is 4. The third kappa shape index (κ3) is 3.70. The lowest BCUT2D eigenvalue weighted by molar-refractivity contribution is -0.177. The van der Waals surface area contributed by atoms with E-state index in [4.69, 9.17) is 18.9 Å². The number of esters is 3. The van der Waals surface area contributed by atoms with Crippen molar-refractivity contribution >= 4 is 23.7 Å². The summed E-state index contributed by atoms with van der Waals surface area (Å²) in [5.74, 6) is -3.11. The Labute approximate surface area is 226 Å². The van der Waals surface area contributed by atoms with Crippen molar-refractivity contribution in [2.45, 2.75) is 95.2 Å². The predicted octanol–water partition coefficient (Wildman–Crippen LogP) is 1.90. The number of hydrogen-bond donors (Lipinski definition) is 2. The Bertz CT molecular complexity index is 1220. The molecule has 6 aliphatic rings. The molecule has 10 atom stereocenters. The van der Waals surface area contributed by atoms with E-state index in [-0.39, 0.29) is 44.0 Å². The van der Waals surface area contributed by atoms with E-state index in [1.54, 1.807) is 32.9 Å². The third-order valence-corrected chi connectivity index (χ3v) is 10.5. The molecular weight excluding hydrogens is 508 g/mol. The summed E-state index contributed by atoms with van der Waals surface area (Å²) in [5, 5.41) is 22.5. The second kappa shape index (κ2) is 8.47. The molecule has 10 nitrogen and oxygen atoms in total. The fourth-order valence-corrected chi connectivity index (χ4v) is 8.73. The lowest BCUT2D eigenvalue weighted by Crippen LogP contribution is -2.51. The molecule has 0 radical (unpaired) electrons. The van der Waals surface area contributed by atoms with Crippen LogP contribution in [0.1, 0.15) is 66.2 Å². The van der Waals surface area contributed by atoms with E-state index in [0.717, 1.165) is 0 Å². The van der Waals surface area contributed by atoms with E-state index in [9.17, 15) is 29.4 Å². The van der Waals surface area contributed by atoms with Crippen LogP contribution in [0.15, 0.2) is 23.5 Å². The molecule has 4 aliphatic heterocycles. The van der Waals surface area contributed by atoms with Crippen LogP contribution in [0.25, 0.3) is 0 Å². The summed E-state index contributed by atoms with van der Waals surface area (Å²) in [6.07, 6.45) is 3.10. The normalized spacial score (nSPS) is 48.3. The average Bonchev–Trinajstić information content (AvgIpc) is 3.46. The summed E-state index contributed by atoms with van der Waals surface area (Å²) in [4.78, 5) is 51.1. The molecule has 3 saturated heterocycles. The van der Waals surface area contributed by atoms with Gasteiger partial charge >= 0.3 is 17.9 Å². The van der Waals surface area contributed by atoms with E-state index in [2.05, 4.69) is 0 Å². The van der Waals surface area contributed by atoms with Crippen LogP contribution in [0.4, 0.5) is 0 Å². The van der Waals surface area contributed by atoms with Gasteiger partial charge in [0.25, 0.3) is 0 Å². The molecule has 0 bridgehead atoms. The first-order valence-corrected chi connectivity index (χ1v) is 13.8. The van der Waals surface area contributed by atoms with Crippen molar-refractivity contribution < 1.29 is 48.3 Å². The summed E-state index contributed by atoms with van der Waals surface area (Å²) in [6.45, 7) is 6.67. The van der Waals surface area contributed by atoms with Crippen LogP contribution in [0, 0.1) is 29.1 Å². The molecule has 4 heterocycles. The molecule has 0 aromatic carbocycles. The number of hydrogen-bond acceptors (Lipinski definition) is 10. The van der Waals surface area contributed by atoms with Crippen LogP contribution >= 0.6 is 0 Å². The number of aliphatic hydroxyl groups is 2. The number of ketones is 1. The first-order valence-electron chi connectivity index (χ1n) is 13.8. The standard InChI is InChI=1S/C29H36O10/c1-14(7-16-8-15(2)25(34)36-16)24(33)26(3)11-22(32)37-23-17-5-6-19-27(4,13-30)38-20-9-21(31)39-29(19,20)12-28(17,35)10-18(23)26/h7-8,14,17-20,23,30,35H,5-6,9-13H2,1-4H3/b16-7+/t14-,17+,18-,19-,20+,23+,26+,27-,28-,29+/m0/s1. The molecule has 39 heavy (non-hydrogen) atoms. The Kier molecular flexibility index (Phi) is 5.79. The van der Waals surface area contributed by atoms with Crippen LogP contribution in [-0.4, -0.2) is 69.5 Å². The van der Waals surface area contributed by atoms with Gasteiger partial charge in [0.2, 0.25) is 0 Å². The molecule has 6 rings (SSSR count). The number of cyclic esters (lactones) is 1. The molecule has 2 saturated carbocycles. The Morgan fingerprint density at radius 2 is 1.92 bits per heavy atom. The van der Waals surface area contributed by atoms with Gasteiger partial charge < -0.3 is 29.2 Å². The number of carbonyl (C=O) groups is 4. The first-order chi connectivity index (χ1) is 18.2. The highest BCUT2D eigenvalue weighted by Gasteiger charge is 2.74. The highest BCUT2D eigenvalue weighted by Crippen LogP contribution is 2.64. The van der Waals surface area contributed by atoms with E-state index in [0.29, 0.717) is 24.2 Å². The molecule has 212 valence electrons. The number of Topliss-reactive ketones (excluding diaryl/α,β-unsaturated/α-hetero) is 1. The maximum atomic E-state index is 14.0. The quantitative estimate of drug-likeness (QED) is 0.397. The molecule has 0 aromatic rings. The molecule has 10 heteroatoms. The SMILES string of the molecule is CC1=C/C(=C\[C@H](C)C(=O)[C@]2(C)CC(=O)O[C@@H]3[C@H]4CC[C@@H]5[C@@]6(C[C@@]4(O)C[C@@H]32)OC(=O)C[C@H]6O[C@@]5(C)CO)OC1=O. The van der Waals surface area contributed by atoms with Gasteiger partial charge in [-0.1, -0.05) is 13.8 Å². The summed E-state index contributed by atoms with van der Waals surface area (Å²) >= 11 is 0. The van der Waals surface area contributed by atoms with Crippen molar-refractivity contribution in [3.8, 4) is 0 Å². The van der Waals surface area contributed by atoms with E-state index < -0.39 is 70.1 Å². The zero-order valence-corrected chi connectivity index (χ0v) is 22.7. The van der Waals surface area contributed by atoms with Gasteiger partial charge in [0.05, 0.1) is 30.7 Å². The number of aliphatic hydroxyl groups excluding tert-OH is 1. The van der Waals surface area contributed by atoms with Crippen molar-refractivity contribution in [3.05, 3.63) is 23.5 Å². The van der Waals surface area contributed by atoms with Crippen LogP contribution in [0.2, 0.25) is 0 Å². The number of rotatable bonds is 4. The highest BCUT2D eigenvalue weighted by molar-refractivity contribution is 5.94. The highest BCUT2D eigenvalue weighted by atomic mass is 16.6. The smallest absolute Gasteiger partial charge is 0.339 e. The van der Waals surface area contributed by atoms with Crippen LogP contribution in [0.3, 0.4) is 0 Å². The van der Waals surface area contributed by atoms with E-state index in [1.165, 1.54) is 0 Å². The second-order valence-electron chi connectivity index (χ2n) is 13.0. The Morgan fingerprint density at radius 1 is 1.18 bits per heavy atom. The molecule has 0 amide bonds. The van der Waals surface area contributed by atoms with Crippen LogP contribution in [0.5, 0.6) is 0 Å². The van der Waals surface area contributed by atoms with Crippen molar-refractivity contribution in [3.63, 3.8) is 0 Å². The van der Waals surface area contributed by atoms with Gasteiger partial charge in [-0.2, -0.15) is 0 Å². The van der Waals surface area contributed by atoms with Gasteiger partial charge in [-0.05, 0) is 45.3 Å². The third-order valence-electron chi connectivity index (χ3n) is 10.5. The fraction of sp³-hybridized carbons (Fsp3) is 0.724. The van der Waals surface area contributed by atoms with Gasteiger partial charge in [0.1, 0.15) is 29.4 Å². The fourth-order valence-electron chi connectivity index (χ4n) is 8.73. The molecule has 0 aromatic heterocycles. The monoisotopic (exact) mass is 544 g/mol. The lowest BCUT2D eigenvalue weighted by Gasteiger charge is -2.43. The second-order valence-corrected chi connectivity index (χ2v) is 13.0. The maximum Gasteiger partial charge on any atom is 0.339 e. The Balaban J connectivity index is 1.33. The summed E-state index contributed by atoms with van der Waals surface area (Å²) < 4.78 is 23.3. The molecule has 5 fully saturated rings. The summed E-state index contributed by atoms with van der Waals surface area (Å²) in [7, 11) is 0. The Morgan fingerprint density at radius 3 is 2.59 bits per heavy atom. The average molecular weight is 545 g/mol. The molecular formula is C29H36O10. The van der Waals surface area contributed by atoms with Gasteiger partial charge in [0, 0.05) is 41.1 Å². The largest absolute Gasteiger partial charge is 0.462 e. The van der Waals surface area contributed by atoms with Crippen molar-refractivity contribution in [1.29, 1.82) is 0 Å². The minimum absolute atomic E-state index is 0.0511. The van der Waals surface area contributed by atoms with Gasteiger partial charge in [-0.15, -0.1) is 0 Å². The van der Waals surface area contributed by atoms with Crippen molar-refractivity contribution in [2.24, 2.45) is 29.1 Å². The van der Waals surface area contributed by atoms with Crippen LogP contribution < -0.4 is 0 Å². The van der Waals surface area contributed by atoms with Crippen LogP contribution in [-0.2, 0) is 38.1 Å². The van der Waals surface area contributed by atoms with Gasteiger partial charge in [0.15, 0.2) is 0 Å². The summed E-state index contributed by atoms with van der Waals surface area (Å²) in [5.41, 5.74) is -4.06. The zero-order valence-electron chi connectivity index (χ0n) is 22.7. The topological polar surface area (TPSA) is 146 Å². The van der Waals surface area contributed by atoms with Gasteiger partial charge in [-0.3, -0.25) is 14.4 Å². The lowest BCUT2D eigenvalue weighted by atomic mass is 9.64. The number of fused-ring (bicyclic) bond motifs is 3. The maximum absolute atomic E-state index is 14.0. The number of carbonyl (C=O) groups excluding carboxylic acids is 4. The molecule has 0 unspecified atom stereocenters. The zero-order chi connectivity index (χ0) is 28.1. The Hall–Kier alpha value is -2.56.